The van der Waals surface area contributed by atoms with Gasteiger partial charge in [-0.25, -0.2) is 0 Å². The van der Waals surface area contributed by atoms with Gasteiger partial charge in [0.2, 0.25) is 0 Å². The standard InChI is InChI=1S/C18H22N2O3/c1-12(2)16(21)10-11-19-17(22)14-8-9-15(20-18(14)23)13-6-4-3-5-7-13/h3-9,12,16,21H,10-11H2,1-2H3,(H,19,22)(H,20,23). The Hall–Kier alpha value is -2.40. The molecule has 1 heterocycles. The predicted molar refractivity (Wildman–Crippen MR) is 90.3 cm³/mol. The van der Waals surface area contributed by atoms with Crippen LogP contribution in [0.2, 0.25) is 0 Å². The van der Waals surface area contributed by atoms with Crippen molar-refractivity contribution in [3.05, 3.63) is 58.4 Å². The molecule has 0 fully saturated rings. The van der Waals surface area contributed by atoms with Crippen molar-refractivity contribution < 1.29 is 9.90 Å². The molecule has 5 nitrogen and oxygen atoms in total. The number of rotatable bonds is 6. The lowest BCUT2D eigenvalue weighted by atomic mass is 10.0. The Morgan fingerprint density at radius 2 is 1.87 bits per heavy atom. The van der Waals surface area contributed by atoms with Gasteiger partial charge in [-0.3, -0.25) is 9.59 Å². The summed E-state index contributed by atoms with van der Waals surface area (Å²) < 4.78 is 0. The molecule has 122 valence electrons. The van der Waals surface area contributed by atoms with E-state index in [1.54, 1.807) is 6.07 Å². The van der Waals surface area contributed by atoms with Gasteiger partial charge >= 0.3 is 0 Å². The molecule has 3 N–H and O–H groups in total. The molecule has 0 aliphatic rings. The van der Waals surface area contributed by atoms with Crippen LogP contribution in [-0.2, 0) is 0 Å². The Balaban J connectivity index is 2.03. The summed E-state index contributed by atoms with van der Waals surface area (Å²) in [6, 6.07) is 12.7. The van der Waals surface area contributed by atoms with Crippen LogP contribution in [0.15, 0.2) is 47.3 Å². The van der Waals surface area contributed by atoms with Crippen molar-refractivity contribution in [1.29, 1.82) is 0 Å². The molecule has 0 saturated carbocycles. The highest BCUT2D eigenvalue weighted by Crippen LogP contribution is 2.14. The molecule has 0 radical (unpaired) electrons. The number of aliphatic hydroxyl groups is 1. The van der Waals surface area contributed by atoms with Crippen LogP contribution in [-0.4, -0.2) is 28.6 Å². The summed E-state index contributed by atoms with van der Waals surface area (Å²) in [5.41, 5.74) is 1.20. The summed E-state index contributed by atoms with van der Waals surface area (Å²) in [4.78, 5) is 26.9. The van der Waals surface area contributed by atoms with Gasteiger partial charge in [-0.2, -0.15) is 0 Å². The van der Waals surface area contributed by atoms with Crippen molar-refractivity contribution in [2.45, 2.75) is 26.4 Å². The number of hydrogen-bond donors (Lipinski definition) is 3. The van der Waals surface area contributed by atoms with Gasteiger partial charge in [0.15, 0.2) is 0 Å². The van der Waals surface area contributed by atoms with Crippen molar-refractivity contribution in [2.24, 2.45) is 5.92 Å². The summed E-state index contributed by atoms with van der Waals surface area (Å²) in [5, 5.41) is 12.4. The molecular formula is C18H22N2O3. The molecule has 1 atom stereocenters. The zero-order valence-electron chi connectivity index (χ0n) is 13.4. The fraction of sp³-hybridized carbons (Fsp3) is 0.333. The van der Waals surface area contributed by atoms with E-state index in [4.69, 9.17) is 0 Å². The van der Waals surface area contributed by atoms with Gasteiger partial charge in [0, 0.05) is 12.2 Å². The van der Waals surface area contributed by atoms with Crippen molar-refractivity contribution in [2.75, 3.05) is 6.54 Å². The lowest BCUT2D eigenvalue weighted by Gasteiger charge is -2.14. The van der Waals surface area contributed by atoms with Crippen LogP contribution >= 0.6 is 0 Å². The van der Waals surface area contributed by atoms with Gasteiger partial charge in [-0.05, 0) is 30.0 Å². The first-order chi connectivity index (χ1) is 11.0. The molecule has 1 unspecified atom stereocenters. The number of carbonyl (C=O) groups excluding carboxylic acids is 1. The van der Waals surface area contributed by atoms with Gasteiger partial charge in [0.1, 0.15) is 5.56 Å². The lowest BCUT2D eigenvalue weighted by Crippen LogP contribution is -2.32. The van der Waals surface area contributed by atoms with Gasteiger partial charge in [0.25, 0.3) is 11.5 Å². The molecule has 1 aromatic carbocycles. The van der Waals surface area contributed by atoms with E-state index < -0.39 is 17.6 Å². The van der Waals surface area contributed by atoms with Crippen molar-refractivity contribution in [1.82, 2.24) is 10.3 Å². The minimum Gasteiger partial charge on any atom is -0.393 e. The monoisotopic (exact) mass is 314 g/mol. The van der Waals surface area contributed by atoms with E-state index in [1.807, 2.05) is 44.2 Å². The first kappa shape index (κ1) is 17.0. The molecule has 0 aliphatic heterocycles. The Labute approximate surface area is 135 Å². The number of aromatic nitrogens is 1. The minimum absolute atomic E-state index is 0.0729. The van der Waals surface area contributed by atoms with E-state index in [2.05, 4.69) is 10.3 Å². The van der Waals surface area contributed by atoms with E-state index in [9.17, 15) is 14.7 Å². The summed E-state index contributed by atoms with van der Waals surface area (Å²) in [7, 11) is 0. The van der Waals surface area contributed by atoms with Crippen molar-refractivity contribution in [3.63, 3.8) is 0 Å². The van der Waals surface area contributed by atoms with Crippen LogP contribution in [0.1, 0.15) is 30.6 Å². The second kappa shape index (κ2) is 7.74. The Morgan fingerprint density at radius 1 is 1.17 bits per heavy atom. The number of nitrogens with one attached hydrogen (secondary N) is 2. The quantitative estimate of drug-likeness (QED) is 0.764. The van der Waals surface area contributed by atoms with Gasteiger partial charge in [-0.15, -0.1) is 0 Å². The number of benzene rings is 1. The number of aromatic amines is 1. The number of hydrogen-bond acceptors (Lipinski definition) is 3. The predicted octanol–water partition coefficient (Wildman–Crippen LogP) is 2.18. The summed E-state index contributed by atoms with van der Waals surface area (Å²) in [6.45, 7) is 4.16. The normalized spacial score (nSPS) is 12.2. The first-order valence-electron chi connectivity index (χ1n) is 7.74. The fourth-order valence-corrected chi connectivity index (χ4v) is 2.20. The Bertz CT molecular complexity index is 708. The second-order valence-electron chi connectivity index (χ2n) is 5.84. The highest BCUT2D eigenvalue weighted by molar-refractivity contribution is 5.94. The molecule has 0 spiro atoms. The highest BCUT2D eigenvalue weighted by Gasteiger charge is 2.13. The summed E-state index contributed by atoms with van der Waals surface area (Å²) >= 11 is 0. The maximum Gasteiger partial charge on any atom is 0.261 e. The molecule has 0 saturated heterocycles. The maximum atomic E-state index is 12.1. The van der Waals surface area contributed by atoms with Gasteiger partial charge < -0.3 is 15.4 Å². The van der Waals surface area contributed by atoms with E-state index in [0.717, 1.165) is 5.56 Å². The van der Waals surface area contributed by atoms with Gasteiger partial charge in [-0.1, -0.05) is 44.2 Å². The SMILES string of the molecule is CC(C)C(O)CCNC(=O)c1ccc(-c2ccccc2)[nH]c1=O. The fourth-order valence-electron chi connectivity index (χ4n) is 2.20. The smallest absolute Gasteiger partial charge is 0.261 e. The molecule has 2 rings (SSSR count). The Morgan fingerprint density at radius 3 is 2.48 bits per heavy atom. The van der Waals surface area contributed by atoms with E-state index in [0.29, 0.717) is 18.7 Å². The van der Waals surface area contributed by atoms with Crippen LogP contribution in [0.3, 0.4) is 0 Å². The minimum atomic E-state index is -0.464. The molecule has 1 aromatic heterocycles. The topological polar surface area (TPSA) is 82.2 Å². The lowest BCUT2D eigenvalue weighted by molar-refractivity contribution is 0.0919. The van der Waals surface area contributed by atoms with E-state index in [1.165, 1.54) is 6.07 Å². The van der Waals surface area contributed by atoms with Crippen molar-refractivity contribution in [3.8, 4) is 11.3 Å². The third kappa shape index (κ3) is 4.53. The van der Waals surface area contributed by atoms with Crippen LogP contribution in [0.25, 0.3) is 11.3 Å². The van der Waals surface area contributed by atoms with Crippen molar-refractivity contribution >= 4 is 5.91 Å². The number of pyridine rings is 1. The third-order valence-electron chi connectivity index (χ3n) is 3.73. The maximum absolute atomic E-state index is 12.1. The molecule has 23 heavy (non-hydrogen) atoms. The zero-order valence-corrected chi connectivity index (χ0v) is 13.4. The molecule has 0 aliphatic carbocycles. The largest absolute Gasteiger partial charge is 0.393 e. The van der Waals surface area contributed by atoms with Crippen LogP contribution < -0.4 is 10.9 Å². The third-order valence-corrected chi connectivity index (χ3v) is 3.73. The molecule has 1 amide bonds. The van der Waals surface area contributed by atoms with Gasteiger partial charge in [0.05, 0.1) is 6.10 Å². The summed E-state index contributed by atoms with van der Waals surface area (Å²) in [6.07, 6.45) is -0.00213. The molecular weight excluding hydrogens is 292 g/mol. The number of H-pyrrole nitrogens is 1. The number of amides is 1. The van der Waals surface area contributed by atoms with Crippen LogP contribution in [0.4, 0.5) is 0 Å². The number of carbonyl (C=O) groups is 1. The molecule has 5 heteroatoms. The average Bonchev–Trinajstić information content (AvgIpc) is 2.55. The average molecular weight is 314 g/mol. The molecule has 2 aromatic rings. The zero-order chi connectivity index (χ0) is 16.8. The number of aliphatic hydroxyl groups excluding tert-OH is 1. The molecule has 0 bridgehead atoms. The van der Waals surface area contributed by atoms with E-state index in [-0.39, 0.29) is 11.5 Å². The van der Waals surface area contributed by atoms with Crippen LogP contribution in [0, 0.1) is 5.92 Å². The van der Waals surface area contributed by atoms with Crippen LogP contribution in [0.5, 0.6) is 0 Å². The second-order valence-corrected chi connectivity index (χ2v) is 5.84. The summed E-state index contributed by atoms with van der Waals surface area (Å²) in [5.74, 6) is -0.290. The first-order valence-corrected chi connectivity index (χ1v) is 7.74. The van der Waals surface area contributed by atoms with E-state index >= 15 is 0 Å². The highest BCUT2D eigenvalue weighted by atomic mass is 16.3. The Kier molecular flexibility index (Phi) is 5.71.